The van der Waals surface area contributed by atoms with Crippen LogP contribution in [-0.4, -0.2) is 21.2 Å². The Kier molecular flexibility index (Phi) is 2.84. The molecule has 1 heterocycles. The van der Waals surface area contributed by atoms with Gasteiger partial charge < -0.3 is 5.32 Å². The highest BCUT2D eigenvalue weighted by Gasteiger charge is 2.22. The molecular formula is C14H15N3O. The van der Waals surface area contributed by atoms with E-state index >= 15 is 0 Å². The Balaban J connectivity index is 2.44. The molecule has 0 fully saturated rings. The van der Waals surface area contributed by atoms with Crippen molar-refractivity contribution in [3.05, 3.63) is 30.0 Å². The van der Waals surface area contributed by atoms with E-state index in [1.807, 2.05) is 31.3 Å². The first-order valence-corrected chi connectivity index (χ1v) is 5.66. The molecular weight excluding hydrogens is 226 g/mol. The standard InChI is InChI=1S/C14H15N3O/c1-5-14(2,3)15-13(18)12-10-8-6-7-9-11(10)17(4)16-12/h1,6-9H,2-4H3,(H,15,18). The van der Waals surface area contributed by atoms with Crippen LogP contribution in [0.5, 0.6) is 0 Å². The van der Waals surface area contributed by atoms with Crippen molar-refractivity contribution < 1.29 is 4.79 Å². The summed E-state index contributed by atoms with van der Waals surface area (Å²) in [4.78, 5) is 12.2. The summed E-state index contributed by atoms with van der Waals surface area (Å²) in [6, 6.07) is 7.59. The predicted molar refractivity (Wildman–Crippen MR) is 71.1 cm³/mol. The van der Waals surface area contributed by atoms with Crippen LogP contribution >= 0.6 is 0 Å². The highest BCUT2D eigenvalue weighted by atomic mass is 16.2. The number of carbonyl (C=O) groups excluding carboxylic acids is 1. The van der Waals surface area contributed by atoms with Crippen LogP contribution in [0.1, 0.15) is 24.3 Å². The Hall–Kier alpha value is -2.28. The topological polar surface area (TPSA) is 46.9 Å². The van der Waals surface area contributed by atoms with E-state index in [9.17, 15) is 4.79 Å². The van der Waals surface area contributed by atoms with Gasteiger partial charge in [-0.1, -0.05) is 24.1 Å². The van der Waals surface area contributed by atoms with Gasteiger partial charge in [0.1, 0.15) is 0 Å². The molecule has 0 saturated carbocycles. The van der Waals surface area contributed by atoms with Gasteiger partial charge in [0.25, 0.3) is 5.91 Å². The van der Waals surface area contributed by atoms with Crippen LogP contribution in [0.2, 0.25) is 0 Å². The summed E-state index contributed by atoms with van der Waals surface area (Å²) in [5, 5.41) is 7.85. The van der Waals surface area contributed by atoms with Gasteiger partial charge in [-0.05, 0) is 19.9 Å². The van der Waals surface area contributed by atoms with Crippen molar-refractivity contribution >= 4 is 16.8 Å². The number of aryl methyl sites for hydroxylation is 1. The fourth-order valence-electron chi connectivity index (χ4n) is 1.76. The van der Waals surface area contributed by atoms with E-state index in [4.69, 9.17) is 6.42 Å². The van der Waals surface area contributed by atoms with E-state index in [2.05, 4.69) is 16.3 Å². The summed E-state index contributed by atoms with van der Waals surface area (Å²) >= 11 is 0. The van der Waals surface area contributed by atoms with Crippen molar-refractivity contribution in [1.82, 2.24) is 15.1 Å². The number of terminal acetylenes is 1. The van der Waals surface area contributed by atoms with Gasteiger partial charge in [-0.15, -0.1) is 6.42 Å². The van der Waals surface area contributed by atoms with Gasteiger partial charge in [-0.2, -0.15) is 5.10 Å². The number of carbonyl (C=O) groups is 1. The number of benzene rings is 1. The van der Waals surface area contributed by atoms with Gasteiger partial charge in [0.05, 0.1) is 11.1 Å². The third-order valence-electron chi connectivity index (χ3n) is 2.76. The minimum atomic E-state index is -0.685. The SMILES string of the molecule is C#CC(C)(C)NC(=O)c1nn(C)c2ccccc12. The molecule has 0 spiro atoms. The number of para-hydroxylation sites is 1. The summed E-state index contributed by atoms with van der Waals surface area (Å²) in [6.07, 6.45) is 5.36. The average Bonchev–Trinajstić information content (AvgIpc) is 2.67. The second-order valence-electron chi connectivity index (χ2n) is 4.71. The first kappa shape index (κ1) is 12.2. The molecule has 4 nitrogen and oxygen atoms in total. The van der Waals surface area contributed by atoms with E-state index in [1.165, 1.54) is 0 Å². The lowest BCUT2D eigenvalue weighted by molar-refractivity contribution is 0.0925. The minimum Gasteiger partial charge on any atom is -0.335 e. The van der Waals surface area contributed by atoms with Gasteiger partial charge in [0.2, 0.25) is 0 Å². The molecule has 2 rings (SSSR count). The van der Waals surface area contributed by atoms with Gasteiger partial charge in [0, 0.05) is 12.4 Å². The van der Waals surface area contributed by atoms with E-state index in [0.29, 0.717) is 5.69 Å². The predicted octanol–water partition coefficient (Wildman–Crippen LogP) is 1.71. The van der Waals surface area contributed by atoms with E-state index in [0.717, 1.165) is 10.9 Å². The summed E-state index contributed by atoms with van der Waals surface area (Å²) in [5.74, 6) is 2.28. The number of hydrogen-bond donors (Lipinski definition) is 1. The Morgan fingerprint density at radius 2 is 2.11 bits per heavy atom. The summed E-state index contributed by atoms with van der Waals surface area (Å²) in [5.41, 5.74) is 0.632. The van der Waals surface area contributed by atoms with Crippen molar-refractivity contribution in [3.63, 3.8) is 0 Å². The van der Waals surface area contributed by atoms with Crippen molar-refractivity contribution in [1.29, 1.82) is 0 Å². The maximum absolute atomic E-state index is 12.2. The van der Waals surface area contributed by atoms with Gasteiger partial charge >= 0.3 is 0 Å². The van der Waals surface area contributed by atoms with E-state index < -0.39 is 5.54 Å². The van der Waals surface area contributed by atoms with Crippen LogP contribution in [-0.2, 0) is 7.05 Å². The molecule has 0 radical (unpaired) electrons. The van der Waals surface area contributed by atoms with Crippen molar-refractivity contribution in [2.24, 2.45) is 7.05 Å². The number of amides is 1. The molecule has 4 heteroatoms. The second kappa shape index (κ2) is 4.19. The zero-order valence-corrected chi connectivity index (χ0v) is 10.7. The highest BCUT2D eigenvalue weighted by molar-refractivity contribution is 6.05. The molecule has 1 aromatic heterocycles. The molecule has 92 valence electrons. The van der Waals surface area contributed by atoms with E-state index in [1.54, 1.807) is 18.5 Å². The Labute approximate surface area is 106 Å². The maximum atomic E-state index is 12.2. The molecule has 18 heavy (non-hydrogen) atoms. The third kappa shape index (κ3) is 2.07. The summed E-state index contributed by atoms with van der Waals surface area (Å²) < 4.78 is 1.69. The van der Waals surface area contributed by atoms with Gasteiger partial charge in [-0.3, -0.25) is 9.48 Å². The minimum absolute atomic E-state index is 0.255. The van der Waals surface area contributed by atoms with Crippen molar-refractivity contribution in [2.75, 3.05) is 0 Å². The summed E-state index contributed by atoms with van der Waals surface area (Å²) in [6.45, 7) is 3.55. The first-order chi connectivity index (χ1) is 8.44. The first-order valence-electron chi connectivity index (χ1n) is 5.66. The van der Waals surface area contributed by atoms with Crippen LogP contribution in [0.15, 0.2) is 24.3 Å². The highest BCUT2D eigenvalue weighted by Crippen LogP contribution is 2.17. The average molecular weight is 241 g/mol. The lowest BCUT2D eigenvalue weighted by Crippen LogP contribution is -2.42. The molecule has 0 unspecified atom stereocenters. The number of rotatable bonds is 2. The molecule has 0 aliphatic rings. The number of fused-ring (bicyclic) bond motifs is 1. The van der Waals surface area contributed by atoms with Gasteiger partial charge in [-0.25, -0.2) is 0 Å². The van der Waals surface area contributed by atoms with Crippen LogP contribution in [0.4, 0.5) is 0 Å². The largest absolute Gasteiger partial charge is 0.335 e. The third-order valence-corrected chi connectivity index (χ3v) is 2.76. The molecule has 0 saturated heterocycles. The lowest BCUT2D eigenvalue weighted by atomic mass is 10.1. The molecule has 1 aromatic carbocycles. The van der Waals surface area contributed by atoms with E-state index in [-0.39, 0.29) is 5.91 Å². The van der Waals surface area contributed by atoms with Crippen molar-refractivity contribution in [3.8, 4) is 12.3 Å². The molecule has 0 bridgehead atoms. The molecule has 1 N–H and O–H groups in total. The second-order valence-corrected chi connectivity index (χ2v) is 4.71. The Bertz CT molecular complexity index is 647. The molecule has 0 atom stereocenters. The lowest BCUT2D eigenvalue weighted by Gasteiger charge is -2.18. The molecule has 0 aliphatic carbocycles. The molecule has 2 aromatic rings. The number of nitrogens with one attached hydrogen (secondary N) is 1. The Morgan fingerprint density at radius 1 is 1.44 bits per heavy atom. The zero-order valence-electron chi connectivity index (χ0n) is 10.7. The molecule has 1 amide bonds. The quantitative estimate of drug-likeness (QED) is 0.814. The molecule has 0 aliphatic heterocycles. The fraction of sp³-hybridized carbons (Fsp3) is 0.286. The zero-order chi connectivity index (χ0) is 13.3. The van der Waals surface area contributed by atoms with Crippen LogP contribution in [0, 0.1) is 12.3 Å². The van der Waals surface area contributed by atoms with Crippen LogP contribution in [0.3, 0.4) is 0 Å². The van der Waals surface area contributed by atoms with Crippen LogP contribution < -0.4 is 5.32 Å². The fourth-order valence-corrected chi connectivity index (χ4v) is 1.76. The number of hydrogen-bond acceptors (Lipinski definition) is 2. The maximum Gasteiger partial charge on any atom is 0.273 e. The normalized spacial score (nSPS) is 11.2. The van der Waals surface area contributed by atoms with Crippen molar-refractivity contribution in [2.45, 2.75) is 19.4 Å². The van der Waals surface area contributed by atoms with Gasteiger partial charge in [0.15, 0.2) is 5.69 Å². The Morgan fingerprint density at radius 3 is 2.78 bits per heavy atom. The van der Waals surface area contributed by atoms with Crippen LogP contribution in [0.25, 0.3) is 10.9 Å². The monoisotopic (exact) mass is 241 g/mol. The number of nitrogens with zero attached hydrogens (tertiary/aromatic N) is 2. The summed E-state index contributed by atoms with van der Waals surface area (Å²) in [7, 11) is 1.81. The number of aromatic nitrogens is 2. The smallest absolute Gasteiger partial charge is 0.273 e.